The molecule has 118 valence electrons. The molecule has 0 spiro atoms. The number of benzene rings is 2. The summed E-state index contributed by atoms with van der Waals surface area (Å²) in [6, 6.07) is 15.6. The number of anilines is 1. The first kappa shape index (κ1) is 16.3. The fourth-order valence-electron chi connectivity index (χ4n) is 2.11. The average molecular weight is 311 g/mol. The second kappa shape index (κ2) is 7.79. The van der Waals surface area contributed by atoms with Gasteiger partial charge in [0.2, 0.25) is 0 Å². The number of aromatic carboxylic acids is 1. The standard InChI is InChI=1S/C18H17NO4/c1-2-12-23-18(22)19(13-14-8-4-3-5-9-14)16-11-7-6-10-15(16)17(20)21/h2-11H,1,12-13H2,(H,20,21). The molecular formula is C18H17NO4. The summed E-state index contributed by atoms with van der Waals surface area (Å²) in [6.45, 7) is 3.77. The van der Waals surface area contributed by atoms with Crippen molar-refractivity contribution in [3.8, 4) is 0 Å². The molecule has 0 aliphatic rings. The Labute approximate surface area is 134 Å². The van der Waals surface area contributed by atoms with Crippen molar-refractivity contribution in [1.82, 2.24) is 0 Å². The lowest BCUT2D eigenvalue weighted by Crippen LogP contribution is -2.32. The van der Waals surface area contributed by atoms with E-state index < -0.39 is 12.1 Å². The van der Waals surface area contributed by atoms with Crippen molar-refractivity contribution in [2.45, 2.75) is 6.54 Å². The fraction of sp³-hybridized carbons (Fsp3) is 0.111. The van der Waals surface area contributed by atoms with Gasteiger partial charge in [-0.25, -0.2) is 9.59 Å². The molecule has 0 saturated heterocycles. The zero-order valence-corrected chi connectivity index (χ0v) is 12.5. The summed E-state index contributed by atoms with van der Waals surface area (Å²) in [5.41, 5.74) is 1.19. The maximum Gasteiger partial charge on any atom is 0.414 e. The third-order valence-corrected chi connectivity index (χ3v) is 3.15. The third kappa shape index (κ3) is 4.20. The van der Waals surface area contributed by atoms with E-state index in [1.165, 1.54) is 17.0 Å². The molecular weight excluding hydrogens is 294 g/mol. The number of carboxylic acids is 1. The van der Waals surface area contributed by atoms with Crippen LogP contribution in [0.1, 0.15) is 15.9 Å². The monoisotopic (exact) mass is 311 g/mol. The van der Waals surface area contributed by atoms with E-state index in [0.717, 1.165) is 5.56 Å². The van der Waals surface area contributed by atoms with E-state index in [1.807, 2.05) is 30.3 Å². The summed E-state index contributed by atoms with van der Waals surface area (Å²) < 4.78 is 5.09. The van der Waals surface area contributed by atoms with Crippen molar-refractivity contribution in [1.29, 1.82) is 0 Å². The first-order chi connectivity index (χ1) is 11.1. The van der Waals surface area contributed by atoms with Crippen LogP contribution in [-0.4, -0.2) is 23.8 Å². The number of amides is 1. The molecule has 1 amide bonds. The summed E-state index contributed by atoms with van der Waals surface area (Å²) in [5.74, 6) is -1.10. The van der Waals surface area contributed by atoms with Crippen LogP contribution < -0.4 is 4.90 Å². The molecule has 23 heavy (non-hydrogen) atoms. The normalized spacial score (nSPS) is 9.91. The molecule has 0 radical (unpaired) electrons. The fourth-order valence-corrected chi connectivity index (χ4v) is 2.11. The van der Waals surface area contributed by atoms with E-state index >= 15 is 0 Å². The van der Waals surface area contributed by atoms with Crippen LogP contribution in [0.25, 0.3) is 0 Å². The molecule has 0 atom stereocenters. The molecule has 0 aliphatic carbocycles. The first-order valence-electron chi connectivity index (χ1n) is 7.05. The van der Waals surface area contributed by atoms with Crippen molar-refractivity contribution < 1.29 is 19.4 Å². The molecule has 5 heteroatoms. The molecule has 2 aromatic carbocycles. The number of rotatable bonds is 6. The van der Waals surface area contributed by atoms with Gasteiger partial charge < -0.3 is 9.84 Å². The minimum absolute atomic E-state index is 0.0407. The van der Waals surface area contributed by atoms with Gasteiger partial charge in [0, 0.05) is 0 Å². The van der Waals surface area contributed by atoms with Crippen molar-refractivity contribution in [3.05, 3.63) is 78.4 Å². The second-order valence-electron chi connectivity index (χ2n) is 4.76. The Morgan fingerprint density at radius 2 is 1.74 bits per heavy atom. The molecule has 0 heterocycles. The van der Waals surface area contributed by atoms with Crippen LogP contribution in [0, 0.1) is 0 Å². The molecule has 2 aromatic rings. The SMILES string of the molecule is C=CCOC(=O)N(Cc1ccccc1)c1ccccc1C(=O)O. The van der Waals surface area contributed by atoms with E-state index in [4.69, 9.17) is 4.74 Å². The van der Waals surface area contributed by atoms with Gasteiger partial charge in [0.25, 0.3) is 0 Å². The van der Waals surface area contributed by atoms with E-state index in [9.17, 15) is 14.7 Å². The number of ether oxygens (including phenoxy) is 1. The lowest BCUT2D eigenvalue weighted by Gasteiger charge is -2.23. The Morgan fingerprint density at radius 3 is 2.39 bits per heavy atom. The molecule has 0 unspecified atom stereocenters. The van der Waals surface area contributed by atoms with Crippen LogP contribution in [0.3, 0.4) is 0 Å². The highest BCUT2D eigenvalue weighted by atomic mass is 16.6. The zero-order chi connectivity index (χ0) is 16.7. The quantitative estimate of drug-likeness (QED) is 0.826. The molecule has 2 rings (SSSR count). The Morgan fingerprint density at radius 1 is 1.09 bits per heavy atom. The Hall–Kier alpha value is -3.08. The lowest BCUT2D eigenvalue weighted by molar-refractivity contribution is 0.0697. The van der Waals surface area contributed by atoms with E-state index in [-0.39, 0.29) is 24.4 Å². The Kier molecular flexibility index (Phi) is 5.52. The molecule has 0 aliphatic heterocycles. The Bertz CT molecular complexity index is 697. The zero-order valence-electron chi connectivity index (χ0n) is 12.5. The van der Waals surface area contributed by atoms with Crippen molar-refractivity contribution in [2.24, 2.45) is 0 Å². The molecule has 0 saturated carbocycles. The van der Waals surface area contributed by atoms with Crippen molar-refractivity contribution >= 4 is 17.7 Å². The minimum Gasteiger partial charge on any atom is -0.478 e. The topological polar surface area (TPSA) is 66.8 Å². The van der Waals surface area contributed by atoms with E-state index in [0.29, 0.717) is 0 Å². The Balaban J connectivity index is 2.39. The summed E-state index contributed by atoms with van der Waals surface area (Å²) >= 11 is 0. The first-order valence-corrected chi connectivity index (χ1v) is 7.05. The van der Waals surface area contributed by atoms with Crippen LogP contribution in [0.4, 0.5) is 10.5 Å². The number of hydrogen-bond donors (Lipinski definition) is 1. The van der Waals surface area contributed by atoms with Crippen LogP contribution in [-0.2, 0) is 11.3 Å². The van der Waals surface area contributed by atoms with Crippen molar-refractivity contribution in [3.63, 3.8) is 0 Å². The predicted octanol–water partition coefficient (Wildman–Crippen LogP) is 3.71. The summed E-state index contributed by atoms with van der Waals surface area (Å²) in [7, 11) is 0. The number of carbonyl (C=O) groups is 2. The largest absolute Gasteiger partial charge is 0.478 e. The van der Waals surface area contributed by atoms with E-state index in [1.54, 1.807) is 18.2 Å². The molecule has 5 nitrogen and oxygen atoms in total. The highest BCUT2D eigenvalue weighted by Gasteiger charge is 2.22. The van der Waals surface area contributed by atoms with Gasteiger partial charge in [0.15, 0.2) is 0 Å². The van der Waals surface area contributed by atoms with Gasteiger partial charge in [0.1, 0.15) is 6.61 Å². The van der Waals surface area contributed by atoms with Crippen LogP contribution >= 0.6 is 0 Å². The molecule has 1 N–H and O–H groups in total. The average Bonchev–Trinajstić information content (AvgIpc) is 2.58. The highest BCUT2D eigenvalue weighted by molar-refractivity contribution is 5.99. The maximum absolute atomic E-state index is 12.3. The van der Waals surface area contributed by atoms with Crippen LogP contribution in [0.5, 0.6) is 0 Å². The molecule has 0 bridgehead atoms. The number of para-hydroxylation sites is 1. The number of carbonyl (C=O) groups excluding carboxylic acids is 1. The number of nitrogens with zero attached hydrogens (tertiary/aromatic N) is 1. The van der Waals surface area contributed by atoms with Gasteiger partial charge in [0.05, 0.1) is 17.8 Å². The summed E-state index contributed by atoms with van der Waals surface area (Å²) in [6.07, 6.45) is 0.837. The predicted molar refractivity (Wildman–Crippen MR) is 87.6 cm³/mol. The number of carboxylic acid groups (broad SMARTS) is 1. The van der Waals surface area contributed by atoms with Gasteiger partial charge in [-0.15, -0.1) is 0 Å². The smallest absolute Gasteiger partial charge is 0.414 e. The lowest BCUT2D eigenvalue weighted by atomic mass is 10.1. The van der Waals surface area contributed by atoms with Gasteiger partial charge in [-0.05, 0) is 17.7 Å². The van der Waals surface area contributed by atoms with Gasteiger partial charge in [-0.3, -0.25) is 4.90 Å². The maximum atomic E-state index is 12.3. The van der Waals surface area contributed by atoms with Gasteiger partial charge in [-0.1, -0.05) is 55.1 Å². The molecule has 0 aromatic heterocycles. The van der Waals surface area contributed by atoms with Gasteiger partial charge in [-0.2, -0.15) is 0 Å². The van der Waals surface area contributed by atoms with Gasteiger partial charge >= 0.3 is 12.1 Å². The summed E-state index contributed by atoms with van der Waals surface area (Å²) in [5, 5.41) is 9.34. The molecule has 0 fully saturated rings. The minimum atomic E-state index is -1.10. The van der Waals surface area contributed by atoms with Crippen molar-refractivity contribution in [2.75, 3.05) is 11.5 Å². The number of hydrogen-bond acceptors (Lipinski definition) is 3. The van der Waals surface area contributed by atoms with Crippen LogP contribution in [0.2, 0.25) is 0 Å². The third-order valence-electron chi connectivity index (χ3n) is 3.15. The van der Waals surface area contributed by atoms with E-state index in [2.05, 4.69) is 6.58 Å². The summed E-state index contributed by atoms with van der Waals surface area (Å²) in [4.78, 5) is 25.1. The van der Waals surface area contributed by atoms with Crippen LogP contribution in [0.15, 0.2) is 67.3 Å². The highest BCUT2D eigenvalue weighted by Crippen LogP contribution is 2.23. The second-order valence-corrected chi connectivity index (χ2v) is 4.76.